The van der Waals surface area contributed by atoms with Gasteiger partial charge >= 0.3 is 0 Å². The molecule has 19 heavy (non-hydrogen) atoms. The molecule has 102 valence electrons. The van der Waals surface area contributed by atoms with Crippen LogP contribution in [0, 0.1) is 0 Å². The number of aryl methyl sites for hydroxylation is 1. The fourth-order valence-electron chi connectivity index (χ4n) is 2.58. The zero-order valence-corrected chi connectivity index (χ0v) is 11.8. The highest BCUT2D eigenvalue weighted by Crippen LogP contribution is 2.31. The van der Waals surface area contributed by atoms with E-state index in [0.717, 1.165) is 19.3 Å². The molecule has 1 N–H and O–H groups in total. The number of likely N-dealkylation sites (tertiary alicyclic amines) is 1. The van der Waals surface area contributed by atoms with Crippen LogP contribution in [0.3, 0.4) is 0 Å². The molecule has 1 aromatic heterocycles. The van der Waals surface area contributed by atoms with Crippen molar-refractivity contribution in [3.8, 4) is 0 Å². The average Bonchev–Trinajstić information content (AvgIpc) is 3.04. The maximum Gasteiger partial charge on any atom is 0.247 e. The third-order valence-electron chi connectivity index (χ3n) is 3.82. The first-order valence-corrected chi connectivity index (χ1v) is 7.73. The number of thiophene rings is 1. The van der Waals surface area contributed by atoms with E-state index in [1.54, 1.807) is 11.3 Å². The number of nitrogens with zero attached hydrogens (tertiary/aromatic N) is 1. The number of imide groups is 1. The highest BCUT2D eigenvalue weighted by Gasteiger charge is 2.45. The summed E-state index contributed by atoms with van der Waals surface area (Å²) < 4.78 is 0. The Morgan fingerprint density at radius 3 is 2.89 bits per heavy atom. The molecule has 1 aromatic rings. The van der Waals surface area contributed by atoms with Crippen molar-refractivity contribution in [2.75, 3.05) is 0 Å². The molecule has 1 aliphatic carbocycles. The molecule has 3 rings (SSSR count). The molecule has 4 nitrogen and oxygen atoms in total. The highest BCUT2D eigenvalue weighted by molar-refractivity contribution is 7.10. The number of amides is 2. The Morgan fingerprint density at radius 2 is 2.21 bits per heavy atom. The minimum absolute atomic E-state index is 0.00751. The van der Waals surface area contributed by atoms with Gasteiger partial charge in [0.15, 0.2) is 0 Å². The molecule has 5 heteroatoms. The van der Waals surface area contributed by atoms with Crippen LogP contribution < -0.4 is 5.32 Å². The van der Waals surface area contributed by atoms with Gasteiger partial charge in [0.2, 0.25) is 11.8 Å². The van der Waals surface area contributed by atoms with Crippen LogP contribution in [0.15, 0.2) is 11.4 Å². The summed E-state index contributed by atoms with van der Waals surface area (Å²) in [5.74, 6) is -0.0333. The van der Waals surface area contributed by atoms with Crippen LogP contribution >= 0.6 is 11.3 Å². The van der Waals surface area contributed by atoms with E-state index in [9.17, 15) is 9.59 Å². The van der Waals surface area contributed by atoms with Gasteiger partial charge in [-0.2, -0.15) is 0 Å². The van der Waals surface area contributed by atoms with Crippen molar-refractivity contribution < 1.29 is 9.59 Å². The van der Waals surface area contributed by atoms with E-state index in [1.807, 2.05) is 0 Å². The predicted molar refractivity (Wildman–Crippen MR) is 73.8 cm³/mol. The Bertz CT molecular complexity index is 507. The van der Waals surface area contributed by atoms with Crippen LogP contribution in [0.2, 0.25) is 0 Å². The Balaban J connectivity index is 1.61. The number of hydrogen-bond donors (Lipinski definition) is 1. The van der Waals surface area contributed by atoms with E-state index in [4.69, 9.17) is 0 Å². The molecule has 1 saturated carbocycles. The van der Waals surface area contributed by atoms with Crippen LogP contribution in [-0.2, 0) is 22.6 Å². The summed E-state index contributed by atoms with van der Waals surface area (Å²) in [6.07, 6.45) is 3.29. The van der Waals surface area contributed by atoms with Gasteiger partial charge in [0.25, 0.3) is 0 Å². The van der Waals surface area contributed by atoms with Gasteiger partial charge in [0.1, 0.15) is 0 Å². The largest absolute Gasteiger partial charge is 0.300 e. The molecule has 1 aliphatic heterocycles. The topological polar surface area (TPSA) is 49.4 Å². The fraction of sp³-hybridized carbons (Fsp3) is 0.571. The maximum atomic E-state index is 12.2. The van der Waals surface area contributed by atoms with Crippen molar-refractivity contribution in [3.05, 3.63) is 21.9 Å². The van der Waals surface area contributed by atoms with Gasteiger partial charge in [-0.3, -0.25) is 14.5 Å². The van der Waals surface area contributed by atoms with Gasteiger partial charge < -0.3 is 5.32 Å². The monoisotopic (exact) mass is 278 g/mol. The minimum atomic E-state index is -0.320. The van der Waals surface area contributed by atoms with E-state index >= 15 is 0 Å². The lowest BCUT2D eigenvalue weighted by Crippen LogP contribution is -2.39. The Hall–Kier alpha value is -1.20. The van der Waals surface area contributed by atoms with Crippen LogP contribution in [0.5, 0.6) is 0 Å². The molecule has 0 spiro atoms. The second kappa shape index (κ2) is 5.06. The summed E-state index contributed by atoms with van der Waals surface area (Å²) in [5, 5.41) is 5.33. The van der Waals surface area contributed by atoms with Gasteiger partial charge in [-0.1, -0.05) is 6.92 Å². The van der Waals surface area contributed by atoms with Gasteiger partial charge in [-0.05, 0) is 36.3 Å². The van der Waals surface area contributed by atoms with E-state index in [0.29, 0.717) is 13.0 Å². The number of nitrogens with one attached hydrogen (secondary N) is 1. The Morgan fingerprint density at radius 1 is 1.42 bits per heavy atom. The third kappa shape index (κ3) is 2.44. The van der Waals surface area contributed by atoms with Crippen LogP contribution in [0.4, 0.5) is 0 Å². The second-order valence-electron chi connectivity index (χ2n) is 5.19. The number of rotatable bonds is 5. The first-order valence-electron chi connectivity index (χ1n) is 6.85. The minimum Gasteiger partial charge on any atom is -0.300 e. The van der Waals surface area contributed by atoms with E-state index < -0.39 is 0 Å². The quantitative estimate of drug-likeness (QED) is 0.834. The maximum absolute atomic E-state index is 12.2. The lowest BCUT2D eigenvalue weighted by atomic mass is 10.2. The molecule has 0 bridgehead atoms. The van der Waals surface area contributed by atoms with Crippen LogP contribution in [-0.4, -0.2) is 28.8 Å². The summed E-state index contributed by atoms with van der Waals surface area (Å²) in [6.45, 7) is 2.81. The second-order valence-corrected chi connectivity index (χ2v) is 6.19. The summed E-state index contributed by atoms with van der Waals surface area (Å²) in [5.41, 5.74) is 1.33. The molecule has 0 radical (unpaired) electrons. The number of hydrogen-bond acceptors (Lipinski definition) is 4. The molecule has 1 saturated heterocycles. The van der Waals surface area contributed by atoms with Crippen molar-refractivity contribution in [2.45, 2.75) is 51.2 Å². The number of carbonyl (C=O) groups is 2. The van der Waals surface area contributed by atoms with Crippen molar-refractivity contribution in [2.24, 2.45) is 0 Å². The zero-order valence-electron chi connectivity index (χ0n) is 11.0. The molecular formula is C14H18N2O2S. The van der Waals surface area contributed by atoms with E-state index in [1.165, 1.54) is 15.3 Å². The standard InChI is InChI=1S/C14H18N2O2S/c1-2-9-5-6-19-12(9)8-15-11-7-13(17)16(14(11)18)10-3-4-10/h5-6,10-11,15H,2-4,7-8H2,1H3. The lowest BCUT2D eigenvalue weighted by Gasteiger charge is -2.14. The molecule has 2 aliphatic rings. The fourth-order valence-corrected chi connectivity index (χ4v) is 3.51. The molecular weight excluding hydrogens is 260 g/mol. The SMILES string of the molecule is CCc1ccsc1CNC1CC(=O)N(C2CC2)C1=O. The zero-order chi connectivity index (χ0) is 13.4. The number of carbonyl (C=O) groups excluding carboxylic acids is 2. The molecule has 1 unspecified atom stereocenters. The summed E-state index contributed by atoms with van der Waals surface area (Å²) in [7, 11) is 0. The van der Waals surface area contributed by atoms with E-state index in [-0.39, 0.29) is 23.9 Å². The first-order chi connectivity index (χ1) is 9.20. The lowest BCUT2D eigenvalue weighted by molar-refractivity contribution is -0.139. The van der Waals surface area contributed by atoms with Gasteiger partial charge in [-0.15, -0.1) is 11.3 Å². The van der Waals surface area contributed by atoms with Crippen molar-refractivity contribution in [1.29, 1.82) is 0 Å². The van der Waals surface area contributed by atoms with Gasteiger partial charge in [0.05, 0.1) is 12.5 Å². The van der Waals surface area contributed by atoms with Crippen molar-refractivity contribution in [1.82, 2.24) is 10.2 Å². The Kier molecular flexibility index (Phi) is 3.41. The average molecular weight is 278 g/mol. The normalized spacial score (nSPS) is 23.4. The third-order valence-corrected chi connectivity index (χ3v) is 4.79. The van der Waals surface area contributed by atoms with Crippen molar-refractivity contribution in [3.63, 3.8) is 0 Å². The molecule has 2 amide bonds. The summed E-state index contributed by atoms with van der Waals surface area (Å²) in [4.78, 5) is 26.7. The first kappa shape index (κ1) is 12.8. The molecule has 2 fully saturated rings. The van der Waals surface area contributed by atoms with Crippen molar-refractivity contribution >= 4 is 23.2 Å². The molecule has 2 heterocycles. The summed E-state index contributed by atoms with van der Waals surface area (Å²) in [6, 6.07) is 2.00. The Labute approximate surface area is 116 Å². The summed E-state index contributed by atoms with van der Waals surface area (Å²) >= 11 is 1.71. The highest BCUT2D eigenvalue weighted by atomic mass is 32.1. The van der Waals surface area contributed by atoms with Gasteiger partial charge in [-0.25, -0.2) is 0 Å². The molecule has 0 aromatic carbocycles. The van der Waals surface area contributed by atoms with E-state index in [2.05, 4.69) is 23.7 Å². The molecule has 1 atom stereocenters. The predicted octanol–water partition coefficient (Wildman–Crippen LogP) is 1.69. The van der Waals surface area contributed by atoms with Crippen LogP contribution in [0.1, 0.15) is 36.6 Å². The smallest absolute Gasteiger partial charge is 0.247 e. The van der Waals surface area contributed by atoms with Crippen LogP contribution in [0.25, 0.3) is 0 Å². The van der Waals surface area contributed by atoms with Gasteiger partial charge in [0, 0.05) is 17.5 Å².